The summed E-state index contributed by atoms with van der Waals surface area (Å²) in [5, 5.41) is 3.13. The maximum Gasteiger partial charge on any atom is 0.273 e. The number of hydrogen-bond donors (Lipinski definition) is 0. The Morgan fingerprint density at radius 2 is 1.82 bits per heavy atom. The van der Waals surface area contributed by atoms with Crippen LogP contribution in [0.4, 0.5) is 5.82 Å². The number of aromatic nitrogens is 2. The average Bonchev–Trinajstić information content (AvgIpc) is 3.24. The Morgan fingerprint density at radius 1 is 1.07 bits per heavy atom. The number of pyridine rings is 1. The summed E-state index contributed by atoms with van der Waals surface area (Å²) in [5.74, 6) is 1.61. The zero-order chi connectivity index (χ0) is 19.5. The molecule has 0 N–H and O–H groups in total. The van der Waals surface area contributed by atoms with E-state index in [2.05, 4.69) is 14.9 Å². The molecule has 1 aromatic carbocycles. The van der Waals surface area contributed by atoms with Crippen molar-refractivity contribution in [3.05, 3.63) is 58.7 Å². The molecule has 6 nitrogen and oxygen atoms in total. The third-order valence-electron chi connectivity index (χ3n) is 4.65. The molecule has 0 aliphatic carbocycles. The fourth-order valence-electron chi connectivity index (χ4n) is 3.11. The Bertz CT molecular complexity index is 968. The molecule has 4 rings (SSSR count). The first kappa shape index (κ1) is 18.7. The number of benzene rings is 1. The predicted octanol–water partition coefficient (Wildman–Crippen LogP) is 3.83. The average molecular weight is 415 g/mol. The van der Waals surface area contributed by atoms with Gasteiger partial charge in [-0.15, -0.1) is 11.3 Å². The third-order valence-corrected chi connectivity index (χ3v) is 5.75. The molecule has 144 valence electrons. The molecule has 28 heavy (non-hydrogen) atoms. The highest BCUT2D eigenvalue weighted by atomic mass is 35.5. The number of anilines is 1. The monoisotopic (exact) mass is 414 g/mol. The quantitative estimate of drug-likeness (QED) is 0.607. The van der Waals surface area contributed by atoms with Crippen LogP contribution in [0.25, 0.3) is 10.6 Å². The van der Waals surface area contributed by atoms with E-state index in [4.69, 9.17) is 16.3 Å². The van der Waals surface area contributed by atoms with Crippen molar-refractivity contribution in [2.24, 2.45) is 0 Å². The lowest BCUT2D eigenvalue weighted by atomic mass is 10.2. The molecule has 0 bridgehead atoms. The van der Waals surface area contributed by atoms with Crippen molar-refractivity contribution in [2.45, 2.75) is 0 Å². The van der Waals surface area contributed by atoms with Crippen LogP contribution < -0.4 is 9.64 Å². The van der Waals surface area contributed by atoms with Crippen LogP contribution in [0.5, 0.6) is 5.75 Å². The maximum absolute atomic E-state index is 12.8. The van der Waals surface area contributed by atoms with Crippen LogP contribution in [-0.2, 0) is 0 Å². The van der Waals surface area contributed by atoms with E-state index in [0.717, 1.165) is 22.1 Å². The van der Waals surface area contributed by atoms with Gasteiger partial charge in [0.2, 0.25) is 0 Å². The predicted molar refractivity (Wildman–Crippen MR) is 111 cm³/mol. The van der Waals surface area contributed by atoms with Gasteiger partial charge in [0.25, 0.3) is 5.91 Å². The fourth-order valence-corrected chi connectivity index (χ4v) is 4.07. The van der Waals surface area contributed by atoms with Gasteiger partial charge in [-0.25, -0.2) is 9.97 Å². The number of ether oxygens (including phenoxy) is 1. The summed E-state index contributed by atoms with van der Waals surface area (Å²) >= 11 is 7.45. The van der Waals surface area contributed by atoms with E-state index in [1.165, 1.54) is 11.3 Å². The van der Waals surface area contributed by atoms with Crippen molar-refractivity contribution in [1.29, 1.82) is 0 Å². The molecule has 0 atom stereocenters. The topological polar surface area (TPSA) is 58.6 Å². The van der Waals surface area contributed by atoms with Gasteiger partial charge in [0.05, 0.1) is 7.11 Å². The number of methoxy groups -OCH3 is 1. The first-order valence-electron chi connectivity index (χ1n) is 8.91. The largest absolute Gasteiger partial charge is 0.497 e. The summed E-state index contributed by atoms with van der Waals surface area (Å²) in [5.41, 5.74) is 1.46. The van der Waals surface area contributed by atoms with E-state index in [1.807, 2.05) is 46.7 Å². The second-order valence-electron chi connectivity index (χ2n) is 6.36. The van der Waals surface area contributed by atoms with Crippen molar-refractivity contribution in [2.75, 3.05) is 38.2 Å². The van der Waals surface area contributed by atoms with E-state index in [-0.39, 0.29) is 5.91 Å². The highest BCUT2D eigenvalue weighted by Gasteiger charge is 2.24. The van der Waals surface area contributed by atoms with Crippen LogP contribution in [0, 0.1) is 0 Å². The lowest BCUT2D eigenvalue weighted by Crippen LogP contribution is -2.49. The Balaban J connectivity index is 1.41. The van der Waals surface area contributed by atoms with Crippen LogP contribution in [0.1, 0.15) is 10.5 Å². The van der Waals surface area contributed by atoms with Gasteiger partial charge in [-0.05, 0) is 36.4 Å². The highest BCUT2D eigenvalue weighted by molar-refractivity contribution is 7.13. The van der Waals surface area contributed by atoms with Gasteiger partial charge in [0.1, 0.15) is 27.4 Å². The standard InChI is InChI=1S/C20H19ClN4O2S/c1-27-15-7-5-14(6-8-15)19-22-16(13-28-19)20(26)25-11-9-24(10-12-25)18-4-2-3-17(21)23-18/h2-8,13H,9-12H2,1H3. The summed E-state index contributed by atoms with van der Waals surface area (Å²) in [7, 11) is 1.64. The van der Waals surface area contributed by atoms with Crippen LogP contribution in [0.2, 0.25) is 5.15 Å². The number of nitrogens with zero attached hydrogens (tertiary/aromatic N) is 4. The molecule has 8 heteroatoms. The van der Waals surface area contributed by atoms with Gasteiger partial charge in [0, 0.05) is 37.1 Å². The number of carbonyl (C=O) groups excluding carboxylic acids is 1. The van der Waals surface area contributed by atoms with Crippen molar-refractivity contribution in [3.8, 4) is 16.3 Å². The number of halogens is 1. The molecule has 1 aliphatic rings. The van der Waals surface area contributed by atoms with Crippen LogP contribution in [0.15, 0.2) is 47.8 Å². The van der Waals surface area contributed by atoms with Gasteiger partial charge in [-0.1, -0.05) is 17.7 Å². The van der Waals surface area contributed by atoms with E-state index < -0.39 is 0 Å². The minimum Gasteiger partial charge on any atom is -0.497 e. The number of hydrogen-bond acceptors (Lipinski definition) is 6. The van der Waals surface area contributed by atoms with Crippen molar-refractivity contribution >= 4 is 34.7 Å². The maximum atomic E-state index is 12.8. The van der Waals surface area contributed by atoms with E-state index in [0.29, 0.717) is 37.0 Å². The van der Waals surface area contributed by atoms with E-state index in [9.17, 15) is 4.79 Å². The molecule has 0 spiro atoms. The van der Waals surface area contributed by atoms with Crippen LogP contribution in [-0.4, -0.2) is 54.1 Å². The normalized spacial score (nSPS) is 14.2. The molecule has 1 amide bonds. The molecule has 3 heterocycles. The Labute approximate surface area is 172 Å². The molecule has 0 radical (unpaired) electrons. The summed E-state index contributed by atoms with van der Waals surface area (Å²) in [6.07, 6.45) is 0. The molecule has 0 unspecified atom stereocenters. The van der Waals surface area contributed by atoms with Crippen LogP contribution >= 0.6 is 22.9 Å². The number of carbonyl (C=O) groups is 1. The summed E-state index contributed by atoms with van der Waals surface area (Å²) in [4.78, 5) is 25.7. The van der Waals surface area contributed by atoms with Crippen molar-refractivity contribution in [3.63, 3.8) is 0 Å². The highest BCUT2D eigenvalue weighted by Crippen LogP contribution is 2.26. The van der Waals surface area contributed by atoms with Gasteiger partial charge in [-0.2, -0.15) is 0 Å². The smallest absolute Gasteiger partial charge is 0.273 e. The lowest BCUT2D eigenvalue weighted by molar-refractivity contribution is 0.0741. The SMILES string of the molecule is COc1ccc(-c2nc(C(=O)N3CCN(c4cccc(Cl)n4)CC3)cs2)cc1. The number of rotatable bonds is 4. The molecular formula is C20H19ClN4O2S. The van der Waals surface area contributed by atoms with Gasteiger partial charge in [-0.3, -0.25) is 4.79 Å². The molecule has 1 saturated heterocycles. The number of amides is 1. The van der Waals surface area contributed by atoms with Crippen molar-refractivity contribution < 1.29 is 9.53 Å². The summed E-state index contributed by atoms with van der Waals surface area (Å²) < 4.78 is 5.18. The van der Waals surface area contributed by atoms with Gasteiger partial charge >= 0.3 is 0 Å². The second kappa shape index (κ2) is 8.16. The Hall–Kier alpha value is -2.64. The van der Waals surface area contributed by atoms with Gasteiger partial charge in [0.15, 0.2) is 0 Å². The molecule has 1 aliphatic heterocycles. The number of thiazole rings is 1. The number of piperazine rings is 1. The molecule has 3 aromatic rings. The molecule has 1 fully saturated rings. The van der Waals surface area contributed by atoms with Crippen molar-refractivity contribution in [1.82, 2.24) is 14.9 Å². The zero-order valence-electron chi connectivity index (χ0n) is 15.3. The van der Waals surface area contributed by atoms with E-state index >= 15 is 0 Å². The Kier molecular flexibility index (Phi) is 5.45. The minimum absolute atomic E-state index is 0.0327. The molecule has 0 saturated carbocycles. The van der Waals surface area contributed by atoms with Crippen LogP contribution in [0.3, 0.4) is 0 Å². The first-order valence-corrected chi connectivity index (χ1v) is 10.2. The van der Waals surface area contributed by atoms with E-state index in [1.54, 1.807) is 13.2 Å². The zero-order valence-corrected chi connectivity index (χ0v) is 16.9. The second-order valence-corrected chi connectivity index (χ2v) is 7.61. The molecular weight excluding hydrogens is 396 g/mol. The third kappa shape index (κ3) is 3.95. The lowest BCUT2D eigenvalue weighted by Gasteiger charge is -2.35. The Morgan fingerprint density at radius 3 is 2.50 bits per heavy atom. The summed E-state index contributed by atoms with van der Waals surface area (Å²) in [6.45, 7) is 2.69. The summed E-state index contributed by atoms with van der Waals surface area (Å²) in [6, 6.07) is 13.3. The first-order chi connectivity index (χ1) is 13.6. The minimum atomic E-state index is -0.0327. The molecule has 2 aromatic heterocycles. The fraction of sp³-hybridized carbons (Fsp3) is 0.250. The van der Waals surface area contributed by atoms with Gasteiger partial charge < -0.3 is 14.5 Å².